The van der Waals surface area contributed by atoms with Crippen LogP contribution in [0, 0.1) is 21.7 Å². The van der Waals surface area contributed by atoms with Gasteiger partial charge in [-0.15, -0.1) is 0 Å². The molecule has 0 spiro atoms. The third-order valence-electron chi connectivity index (χ3n) is 10.4. The topological polar surface area (TPSA) is 216 Å². The highest BCUT2D eigenvalue weighted by Gasteiger charge is 2.57. The fourth-order valence-electron chi connectivity index (χ4n) is 7.57. The number of amides is 2. The fraction of sp³-hybridized carbons (Fsp3) is 0.523. The maximum Gasteiger partial charge on any atom is 0.461 e. The predicted molar refractivity (Wildman–Crippen MR) is 230 cm³/mol. The minimum atomic E-state index is -3.47. The molecule has 18 heteroatoms. The first-order chi connectivity index (χ1) is 28.7. The fourth-order valence-corrected chi connectivity index (χ4v) is 7.57. The molecule has 1 aliphatic carbocycles. The molecule has 2 aromatic carbocycles. The van der Waals surface area contributed by atoms with E-state index in [9.17, 15) is 38.7 Å². The monoisotopic (exact) mass is 863 g/mol. The molecule has 4 atom stereocenters. The molecular weight excluding hydrogens is 805 g/mol. The lowest BCUT2D eigenvalue weighted by atomic mass is 9.90. The van der Waals surface area contributed by atoms with Gasteiger partial charge in [-0.25, -0.2) is 18.3 Å². The van der Waals surface area contributed by atoms with Crippen molar-refractivity contribution in [2.24, 2.45) is 11.3 Å². The van der Waals surface area contributed by atoms with Crippen LogP contribution in [0.25, 0.3) is 11.0 Å². The molecule has 0 bridgehead atoms. The first-order valence-electron chi connectivity index (χ1n) is 20.6. The van der Waals surface area contributed by atoms with Crippen LogP contribution in [0.4, 0.5) is 20.4 Å². The second-order valence-electron chi connectivity index (χ2n) is 19.3. The SMILES string of the molecule is C=C1CCC(N2Cc3c(NC(C)(C)C)cccc3C2=O)C(=O)N1.CC(C)(C)Cc1ccn(C2C[C@H](CO)[C@@H](O)C2(F)F)c(=O)n1.CC(C)(C)Nc1n[n+]([O-])c2ccccc2[n+]1[O-]. The Morgan fingerprint density at radius 3 is 2.16 bits per heavy atom. The Balaban J connectivity index is 0.000000178. The largest absolute Gasteiger partial charge is 0.739 e. The number of fused-ring (bicyclic) bond motifs is 2. The average molecular weight is 864 g/mol. The number of carbonyl (C=O) groups excluding carboxylic acids is 2. The number of alkyl halides is 2. The number of benzene rings is 2. The molecule has 2 aromatic heterocycles. The zero-order valence-electron chi connectivity index (χ0n) is 36.8. The molecule has 2 fully saturated rings. The van der Waals surface area contributed by atoms with E-state index in [-0.39, 0.29) is 46.2 Å². The van der Waals surface area contributed by atoms with E-state index in [1.807, 2.05) is 59.7 Å². The van der Waals surface area contributed by atoms with E-state index in [1.165, 1.54) is 6.20 Å². The minimum absolute atomic E-state index is 0.00574. The van der Waals surface area contributed by atoms with E-state index >= 15 is 0 Å². The van der Waals surface area contributed by atoms with E-state index in [0.717, 1.165) is 21.5 Å². The summed E-state index contributed by atoms with van der Waals surface area (Å²) in [4.78, 5) is 43.0. The van der Waals surface area contributed by atoms with Crippen molar-refractivity contribution < 1.29 is 38.2 Å². The third-order valence-corrected chi connectivity index (χ3v) is 10.4. The lowest BCUT2D eigenvalue weighted by Crippen LogP contribution is -2.49. The first-order valence-corrected chi connectivity index (χ1v) is 20.6. The number of aliphatic hydroxyl groups excluding tert-OH is 2. The molecule has 2 aliphatic heterocycles. The Morgan fingerprint density at radius 2 is 1.60 bits per heavy atom. The van der Waals surface area contributed by atoms with Gasteiger partial charge in [0.1, 0.15) is 18.2 Å². The summed E-state index contributed by atoms with van der Waals surface area (Å²) in [6.45, 7) is 21.6. The Bertz CT molecular complexity index is 2370. The third kappa shape index (κ3) is 11.0. The second kappa shape index (κ2) is 17.9. The molecule has 5 N–H and O–H groups in total. The minimum Gasteiger partial charge on any atom is -0.739 e. The Morgan fingerprint density at radius 1 is 0.952 bits per heavy atom. The number of piperidine rings is 1. The van der Waals surface area contributed by atoms with Gasteiger partial charge >= 0.3 is 11.6 Å². The van der Waals surface area contributed by atoms with Crippen LogP contribution < -0.4 is 31.2 Å². The number of rotatable bonds is 6. The van der Waals surface area contributed by atoms with E-state index < -0.39 is 42.3 Å². The summed E-state index contributed by atoms with van der Waals surface area (Å²) in [5.41, 5.74) is 3.21. The summed E-state index contributed by atoms with van der Waals surface area (Å²) in [7, 11) is 0. The van der Waals surface area contributed by atoms with Crippen molar-refractivity contribution in [2.75, 3.05) is 17.2 Å². The van der Waals surface area contributed by atoms with E-state index in [0.29, 0.717) is 52.2 Å². The number of anilines is 2. The normalized spacial score (nSPS) is 21.0. The van der Waals surface area contributed by atoms with Crippen LogP contribution >= 0.6 is 0 Å². The lowest BCUT2D eigenvalue weighted by molar-refractivity contribution is -0.672. The summed E-state index contributed by atoms with van der Waals surface area (Å²) in [5, 5.41) is 55.1. The summed E-state index contributed by atoms with van der Waals surface area (Å²) in [6, 6.07) is 11.9. The number of allylic oxidation sites excluding steroid dienone is 1. The smallest absolute Gasteiger partial charge is 0.461 e. The van der Waals surface area contributed by atoms with Gasteiger partial charge in [-0.05, 0) is 96.9 Å². The number of nitrogens with zero attached hydrogens (tertiary/aromatic N) is 6. The van der Waals surface area contributed by atoms with E-state index in [4.69, 9.17) is 5.11 Å². The molecule has 4 heterocycles. The van der Waals surface area contributed by atoms with E-state index in [2.05, 4.69) is 53.4 Å². The van der Waals surface area contributed by atoms with Crippen molar-refractivity contribution in [1.82, 2.24) is 24.9 Å². The lowest BCUT2D eigenvalue weighted by Gasteiger charge is -2.31. The van der Waals surface area contributed by atoms with Crippen LogP contribution in [0.1, 0.15) is 109 Å². The van der Waals surface area contributed by atoms with Gasteiger partial charge in [0, 0.05) is 69.9 Å². The van der Waals surface area contributed by atoms with Gasteiger partial charge in [0.05, 0.1) is 5.54 Å². The summed E-state index contributed by atoms with van der Waals surface area (Å²) < 4.78 is 29.8. The molecule has 16 nitrogen and oxygen atoms in total. The number of hydrogen-bond acceptors (Lipinski definition) is 11. The molecule has 0 radical (unpaired) electrons. The molecule has 7 rings (SSSR count). The average Bonchev–Trinajstić information content (AvgIpc) is 3.61. The number of nitrogens with one attached hydrogen (secondary N) is 3. The van der Waals surface area contributed by atoms with Crippen molar-refractivity contribution in [1.29, 1.82) is 0 Å². The highest BCUT2D eigenvalue weighted by atomic mass is 19.3. The zero-order chi connectivity index (χ0) is 46.1. The molecule has 336 valence electrons. The van der Waals surface area contributed by atoms with Crippen LogP contribution in [0.2, 0.25) is 0 Å². The van der Waals surface area contributed by atoms with Gasteiger partial charge in [-0.1, -0.05) is 45.5 Å². The molecule has 62 heavy (non-hydrogen) atoms. The first kappa shape index (κ1) is 47.3. The summed E-state index contributed by atoms with van der Waals surface area (Å²) >= 11 is 0. The number of hydrogen-bond donors (Lipinski definition) is 5. The standard InChI is InChI=1S/C18H23N3O2.C15H22F2N2O3.C11H14N4O2/c1-11-8-9-15(16(22)19-11)21-10-13-12(17(21)23)6-5-7-14(13)20-18(2,3)4;1-14(2,3)7-10-4-5-19(13(22)18-10)11-6-9(8-20)12(21)15(11,16)17;1-11(2,3)12-10-13-15(17)9-7-5-4-6-8(9)14(10)16/h5-7,15,20H,1,8-10H2,2-4H3,(H,19,22);4-5,9,11-12,20-21H,6-8H2,1-3H3;4-7H,1-3H3,(H,12,13)/t;9-,11?,12-;/m.1./s1. The summed E-state index contributed by atoms with van der Waals surface area (Å²) in [6.07, 6.45) is 1.10. The van der Waals surface area contributed by atoms with Gasteiger partial charge < -0.3 is 36.2 Å². The Kier molecular flexibility index (Phi) is 13.7. The molecule has 1 saturated carbocycles. The highest BCUT2D eigenvalue weighted by Crippen LogP contribution is 2.46. The number of para-hydroxylation sites is 2. The molecule has 2 amide bonds. The van der Waals surface area contributed by atoms with Crippen LogP contribution in [-0.2, 0) is 17.8 Å². The number of aromatic nitrogens is 5. The van der Waals surface area contributed by atoms with Crippen molar-refractivity contribution in [3.05, 3.63) is 105 Å². The van der Waals surface area contributed by atoms with Gasteiger partial charge in [0.25, 0.3) is 17.3 Å². The van der Waals surface area contributed by atoms with Crippen LogP contribution in [-0.4, -0.2) is 77.3 Å². The summed E-state index contributed by atoms with van der Waals surface area (Å²) in [5.74, 6) is -4.60. The molecule has 2 unspecified atom stereocenters. The van der Waals surface area contributed by atoms with Crippen LogP contribution in [0.3, 0.4) is 0 Å². The number of carbonyl (C=O) groups is 2. The predicted octanol–water partition coefficient (Wildman–Crippen LogP) is 4.74. The Labute approximate surface area is 359 Å². The maximum atomic E-state index is 14.1. The van der Waals surface area contributed by atoms with Crippen LogP contribution in [0.15, 0.2) is 71.8 Å². The van der Waals surface area contributed by atoms with Crippen molar-refractivity contribution in [3.8, 4) is 0 Å². The number of halogens is 2. The van der Waals surface area contributed by atoms with Crippen molar-refractivity contribution in [3.63, 3.8) is 0 Å². The Hall–Kier alpha value is -5.75. The van der Waals surface area contributed by atoms with Crippen LogP contribution in [0.5, 0.6) is 0 Å². The van der Waals surface area contributed by atoms with Crippen molar-refractivity contribution in [2.45, 2.75) is 130 Å². The van der Waals surface area contributed by atoms with Gasteiger partial charge in [-0.3, -0.25) is 19.5 Å². The van der Waals surface area contributed by atoms with Gasteiger partial charge in [-0.2, -0.15) is 4.98 Å². The molecule has 3 aliphatic rings. The second-order valence-corrected chi connectivity index (χ2v) is 19.3. The van der Waals surface area contributed by atoms with Gasteiger partial charge in [0.15, 0.2) is 5.52 Å². The quantitative estimate of drug-likeness (QED) is 0.132. The molecule has 4 aromatic rings. The van der Waals surface area contributed by atoms with Gasteiger partial charge in [0.2, 0.25) is 11.0 Å². The zero-order valence-corrected chi connectivity index (χ0v) is 36.8. The van der Waals surface area contributed by atoms with Crippen molar-refractivity contribution >= 4 is 34.5 Å². The maximum absolute atomic E-state index is 14.1. The van der Waals surface area contributed by atoms with E-state index in [1.54, 1.807) is 35.2 Å². The number of aliphatic hydroxyl groups is 2. The molecule has 1 saturated heterocycles. The molecular formula is C44H59F2N9O7. The highest BCUT2D eigenvalue weighted by molar-refractivity contribution is 6.02.